The van der Waals surface area contributed by atoms with Crippen LogP contribution in [0.1, 0.15) is 39.0 Å². The number of rotatable bonds is 7. The van der Waals surface area contributed by atoms with Gasteiger partial charge >= 0.3 is 11.9 Å². The van der Waals surface area contributed by atoms with Gasteiger partial charge in [0.05, 0.1) is 6.61 Å². The molecule has 8 heteroatoms. The number of hydrogen-bond acceptors (Lipinski definition) is 8. The molecule has 0 aliphatic carbocycles. The summed E-state index contributed by atoms with van der Waals surface area (Å²) in [4.78, 5) is 11.6. The van der Waals surface area contributed by atoms with Crippen molar-refractivity contribution in [1.82, 2.24) is 0 Å². The highest BCUT2D eigenvalue weighted by molar-refractivity contribution is 5.69. The molecule has 0 bridgehead atoms. The van der Waals surface area contributed by atoms with E-state index in [0.29, 0.717) is 6.42 Å². The smallest absolute Gasteiger partial charge is 0.357 e. The fourth-order valence-corrected chi connectivity index (χ4v) is 2.12. The Balaban J connectivity index is 2.59. The molecular formula is C13H24O8. The van der Waals surface area contributed by atoms with Crippen LogP contribution in [-0.4, -0.2) is 68.5 Å². The minimum atomic E-state index is -2.78. The first kappa shape index (κ1) is 18.3. The number of aliphatic hydroxyl groups is 5. The number of ether oxygens (including phenoxy) is 2. The fraction of sp³-hybridized carbons (Fsp3) is 0.923. The Bertz CT molecular complexity index is 334. The zero-order valence-corrected chi connectivity index (χ0v) is 12.0. The van der Waals surface area contributed by atoms with Crippen molar-refractivity contribution in [3.63, 3.8) is 0 Å². The molecule has 0 aromatic heterocycles. The molecule has 0 amide bonds. The molecule has 1 unspecified atom stereocenters. The second kappa shape index (κ2) is 8.02. The number of hydrogen-bond donors (Lipinski definition) is 5. The molecule has 5 atom stereocenters. The third-order valence-electron chi connectivity index (χ3n) is 3.42. The Labute approximate surface area is 122 Å². The molecule has 1 fully saturated rings. The van der Waals surface area contributed by atoms with Crippen molar-refractivity contribution in [2.75, 3.05) is 6.61 Å². The Kier molecular flexibility index (Phi) is 6.98. The molecule has 1 rings (SSSR count). The highest BCUT2D eigenvalue weighted by Crippen LogP contribution is 2.29. The summed E-state index contributed by atoms with van der Waals surface area (Å²) in [6.45, 7) is 1.30. The van der Waals surface area contributed by atoms with Gasteiger partial charge in [-0.25, -0.2) is 0 Å². The zero-order chi connectivity index (χ0) is 16.0. The predicted molar refractivity (Wildman–Crippen MR) is 69.8 cm³/mol. The van der Waals surface area contributed by atoms with Crippen LogP contribution in [-0.2, 0) is 14.3 Å². The number of unbranched alkanes of at least 4 members (excludes halogenated alkanes) is 3. The first-order valence-electron chi connectivity index (χ1n) is 7.12. The molecule has 0 radical (unpaired) electrons. The molecule has 1 aliphatic rings. The Morgan fingerprint density at radius 3 is 2.43 bits per heavy atom. The van der Waals surface area contributed by atoms with Crippen molar-refractivity contribution in [2.45, 2.75) is 69.4 Å². The summed E-state index contributed by atoms with van der Waals surface area (Å²) in [5.74, 6) is -3.58. The highest BCUT2D eigenvalue weighted by Gasteiger charge is 2.55. The van der Waals surface area contributed by atoms with E-state index in [0.717, 1.165) is 19.3 Å². The Hall–Kier alpha value is -0.770. The molecule has 0 saturated carbocycles. The van der Waals surface area contributed by atoms with Gasteiger partial charge in [-0.15, -0.1) is 0 Å². The van der Waals surface area contributed by atoms with Crippen LogP contribution in [0.3, 0.4) is 0 Å². The van der Waals surface area contributed by atoms with E-state index in [4.69, 9.17) is 9.84 Å². The van der Waals surface area contributed by atoms with Crippen molar-refractivity contribution < 1.29 is 39.8 Å². The third-order valence-corrected chi connectivity index (χ3v) is 3.42. The monoisotopic (exact) mass is 308 g/mol. The van der Waals surface area contributed by atoms with Gasteiger partial charge in [0.15, 0.2) is 6.10 Å². The zero-order valence-electron chi connectivity index (χ0n) is 12.0. The van der Waals surface area contributed by atoms with Crippen LogP contribution in [0.25, 0.3) is 0 Å². The van der Waals surface area contributed by atoms with Crippen molar-refractivity contribution >= 4 is 5.97 Å². The van der Waals surface area contributed by atoms with Gasteiger partial charge in [-0.3, -0.25) is 4.79 Å². The van der Waals surface area contributed by atoms with Crippen LogP contribution >= 0.6 is 0 Å². The fourth-order valence-electron chi connectivity index (χ4n) is 2.12. The van der Waals surface area contributed by atoms with Gasteiger partial charge in [0.2, 0.25) is 0 Å². The average molecular weight is 308 g/mol. The van der Waals surface area contributed by atoms with E-state index in [9.17, 15) is 25.2 Å². The minimum absolute atomic E-state index is 0.0286. The lowest BCUT2D eigenvalue weighted by molar-refractivity contribution is -0.434. The minimum Gasteiger partial charge on any atom is -0.406 e. The van der Waals surface area contributed by atoms with E-state index in [1.165, 1.54) is 0 Å². The van der Waals surface area contributed by atoms with E-state index in [2.05, 4.69) is 4.74 Å². The second-order valence-corrected chi connectivity index (χ2v) is 5.18. The summed E-state index contributed by atoms with van der Waals surface area (Å²) < 4.78 is 9.50. The maximum Gasteiger partial charge on any atom is 0.357 e. The van der Waals surface area contributed by atoms with Gasteiger partial charge in [-0.05, 0) is 6.42 Å². The largest absolute Gasteiger partial charge is 0.406 e. The van der Waals surface area contributed by atoms with Gasteiger partial charge in [0.1, 0.15) is 18.3 Å². The van der Waals surface area contributed by atoms with E-state index in [-0.39, 0.29) is 6.42 Å². The van der Waals surface area contributed by atoms with Crippen molar-refractivity contribution in [2.24, 2.45) is 0 Å². The highest BCUT2D eigenvalue weighted by atomic mass is 16.8. The number of aliphatic hydroxyl groups excluding tert-OH is 4. The molecule has 5 N–H and O–H groups in total. The molecule has 0 aromatic carbocycles. The van der Waals surface area contributed by atoms with Gasteiger partial charge in [0, 0.05) is 6.42 Å². The van der Waals surface area contributed by atoms with Crippen LogP contribution < -0.4 is 0 Å². The van der Waals surface area contributed by atoms with Crippen LogP contribution in [0, 0.1) is 0 Å². The summed E-state index contributed by atoms with van der Waals surface area (Å²) in [6.07, 6.45) is -3.43. The molecule has 21 heavy (non-hydrogen) atoms. The number of carbonyl (C=O) groups excluding carboxylic acids is 1. The summed E-state index contributed by atoms with van der Waals surface area (Å²) in [7, 11) is 0. The molecular weight excluding hydrogens is 284 g/mol. The lowest BCUT2D eigenvalue weighted by atomic mass is 9.98. The molecule has 8 nitrogen and oxygen atoms in total. The molecule has 1 heterocycles. The first-order valence-corrected chi connectivity index (χ1v) is 7.12. The first-order chi connectivity index (χ1) is 9.85. The SMILES string of the molecule is CCCCCCC(=O)OC1(O)O[C@H](CO)[C@@H](O)[C@H](O)[C@H]1O. The maximum absolute atomic E-state index is 11.6. The normalized spacial score (nSPS) is 36.5. The van der Waals surface area contributed by atoms with Crippen molar-refractivity contribution in [3.05, 3.63) is 0 Å². The third kappa shape index (κ3) is 4.60. The molecule has 1 aliphatic heterocycles. The molecule has 0 aromatic rings. The summed E-state index contributed by atoms with van der Waals surface area (Å²) in [5.41, 5.74) is 0. The van der Waals surface area contributed by atoms with Gasteiger partial charge in [-0.2, -0.15) is 0 Å². The van der Waals surface area contributed by atoms with Crippen LogP contribution in [0.4, 0.5) is 0 Å². The van der Waals surface area contributed by atoms with Gasteiger partial charge in [-0.1, -0.05) is 26.2 Å². The lowest BCUT2D eigenvalue weighted by Crippen LogP contribution is -2.66. The summed E-state index contributed by atoms with van der Waals surface area (Å²) in [6, 6.07) is 0. The van der Waals surface area contributed by atoms with Crippen LogP contribution in [0.15, 0.2) is 0 Å². The average Bonchev–Trinajstić information content (AvgIpc) is 2.45. The van der Waals surface area contributed by atoms with E-state index in [1.807, 2.05) is 6.92 Å². The standard InChI is InChI=1S/C13H24O8/c1-2-3-4-5-6-9(15)21-13(19)12(18)11(17)10(16)8(7-14)20-13/h8,10-12,14,16-19H,2-7H2,1H3/t8-,10-,11+,12-,13?/m1/s1. The van der Waals surface area contributed by atoms with E-state index >= 15 is 0 Å². The topological polar surface area (TPSA) is 137 Å². The second-order valence-electron chi connectivity index (χ2n) is 5.18. The predicted octanol–water partition coefficient (Wildman–Crippen LogP) is -1.38. The lowest BCUT2D eigenvalue weighted by Gasteiger charge is -2.43. The molecule has 124 valence electrons. The quantitative estimate of drug-likeness (QED) is 0.220. The Morgan fingerprint density at radius 2 is 1.86 bits per heavy atom. The van der Waals surface area contributed by atoms with Crippen LogP contribution in [0.5, 0.6) is 0 Å². The number of esters is 1. The van der Waals surface area contributed by atoms with Gasteiger partial charge < -0.3 is 35.0 Å². The van der Waals surface area contributed by atoms with E-state index in [1.54, 1.807) is 0 Å². The van der Waals surface area contributed by atoms with Crippen molar-refractivity contribution in [1.29, 1.82) is 0 Å². The number of carbonyl (C=O) groups is 1. The molecule has 0 spiro atoms. The Morgan fingerprint density at radius 1 is 1.19 bits per heavy atom. The van der Waals surface area contributed by atoms with Crippen molar-refractivity contribution in [3.8, 4) is 0 Å². The van der Waals surface area contributed by atoms with Gasteiger partial charge in [0.25, 0.3) is 0 Å². The summed E-state index contributed by atoms with van der Waals surface area (Å²) >= 11 is 0. The van der Waals surface area contributed by atoms with E-state index < -0.39 is 43.0 Å². The maximum atomic E-state index is 11.6. The molecule has 1 saturated heterocycles. The van der Waals surface area contributed by atoms with Crippen LogP contribution in [0.2, 0.25) is 0 Å². The summed E-state index contributed by atoms with van der Waals surface area (Å²) in [5, 5.41) is 47.8.